The summed E-state index contributed by atoms with van der Waals surface area (Å²) in [6.07, 6.45) is 1.81. The monoisotopic (exact) mass is 576 g/mol. The summed E-state index contributed by atoms with van der Waals surface area (Å²) in [7, 11) is 0. The molecule has 1 amide bonds. The first-order valence-corrected chi connectivity index (χ1v) is 14.9. The van der Waals surface area contributed by atoms with Crippen LogP contribution in [0.1, 0.15) is 79.4 Å². The van der Waals surface area contributed by atoms with Crippen molar-refractivity contribution in [3.63, 3.8) is 0 Å². The van der Waals surface area contributed by atoms with Crippen LogP contribution in [0.25, 0.3) is 11.1 Å². The van der Waals surface area contributed by atoms with Crippen molar-refractivity contribution in [3.8, 4) is 11.1 Å². The topological polar surface area (TPSA) is 23.6 Å². The van der Waals surface area contributed by atoms with Gasteiger partial charge in [0.2, 0.25) is 5.91 Å². The Kier molecular flexibility index (Phi) is 10.6. The first-order chi connectivity index (χ1) is 16.1. The summed E-state index contributed by atoms with van der Waals surface area (Å²) in [5.41, 5.74) is 4.17. The zero-order valence-electron chi connectivity index (χ0n) is 22.7. The highest BCUT2D eigenvalue weighted by Gasteiger charge is 2.51. The number of carbonyl (C=O) groups is 1. The fourth-order valence-electron chi connectivity index (χ4n) is 5.86. The number of rotatable bonds is 9. The van der Waals surface area contributed by atoms with E-state index in [4.69, 9.17) is 0 Å². The molecule has 0 spiro atoms. The number of benzene rings is 2. The van der Waals surface area contributed by atoms with Crippen molar-refractivity contribution >= 4 is 28.5 Å². The minimum Gasteiger partial charge on any atom is -0.337 e. The Labute approximate surface area is 222 Å². The normalized spacial score (nSPS) is 13.9. The lowest BCUT2D eigenvalue weighted by Gasteiger charge is -2.41. The van der Waals surface area contributed by atoms with Gasteiger partial charge in [-0.05, 0) is 102 Å². The number of halogens is 1. The van der Waals surface area contributed by atoms with Crippen LogP contribution in [-0.2, 0) is 10.2 Å². The lowest BCUT2D eigenvalue weighted by Crippen LogP contribution is -2.52. The Bertz CT molecular complexity index is 873. The minimum absolute atomic E-state index is 0.155. The van der Waals surface area contributed by atoms with Gasteiger partial charge in [0, 0.05) is 24.2 Å². The first-order valence-electron chi connectivity index (χ1n) is 12.8. The third-order valence-electron chi connectivity index (χ3n) is 7.07. The van der Waals surface area contributed by atoms with E-state index >= 15 is 0 Å². The number of fused-ring (bicyclic) bond motifs is 3. The maximum Gasteiger partial charge on any atom is 0.238 e. The second-order valence-electron chi connectivity index (χ2n) is 10.4. The molecule has 34 heavy (non-hydrogen) atoms. The fraction of sp³-hybridized carbons (Fsp3) is 0.567. The van der Waals surface area contributed by atoms with Crippen molar-refractivity contribution in [2.75, 3.05) is 11.5 Å². The van der Waals surface area contributed by atoms with Crippen LogP contribution in [0.5, 0.6) is 0 Å². The van der Waals surface area contributed by atoms with Gasteiger partial charge in [0.15, 0.2) is 0 Å². The van der Waals surface area contributed by atoms with Crippen molar-refractivity contribution in [1.82, 2.24) is 9.80 Å². The van der Waals surface area contributed by atoms with Crippen molar-refractivity contribution in [1.29, 1.82) is 0 Å². The van der Waals surface area contributed by atoms with E-state index in [1.165, 1.54) is 22.3 Å². The maximum absolute atomic E-state index is 14.5. The Hall–Kier alpha value is -1.40. The summed E-state index contributed by atoms with van der Waals surface area (Å²) in [5.74, 6) is 0.251. The van der Waals surface area contributed by atoms with Gasteiger partial charge in [-0.3, -0.25) is 9.69 Å². The molecule has 188 valence electrons. The molecule has 0 heterocycles. The van der Waals surface area contributed by atoms with Crippen LogP contribution >= 0.6 is 22.6 Å². The molecule has 4 heteroatoms. The number of alkyl halides is 1. The molecule has 0 aliphatic heterocycles. The number of amides is 1. The van der Waals surface area contributed by atoms with Gasteiger partial charge in [-0.25, -0.2) is 0 Å². The molecule has 1 aliphatic rings. The molecule has 0 radical (unpaired) electrons. The molecule has 1 aliphatic carbocycles. The Morgan fingerprint density at radius 1 is 0.735 bits per heavy atom. The lowest BCUT2D eigenvalue weighted by molar-refractivity contribution is -0.139. The van der Waals surface area contributed by atoms with Crippen LogP contribution < -0.4 is 0 Å². The minimum atomic E-state index is -0.624. The fourth-order valence-corrected chi connectivity index (χ4v) is 5.86. The summed E-state index contributed by atoms with van der Waals surface area (Å²) >= 11 is 2.15. The van der Waals surface area contributed by atoms with Gasteiger partial charge in [-0.1, -0.05) is 71.1 Å². The van der Waals surface area contributed by atoms with Crippen molar-refractivity contribution < 1.29 is 4.79 Å². The Morgan fingerprint density at radius 2 is 1.15 bits per heavy atom. The van der Waals surface area contributed by atoms with Crippen molar-refractivity contribution in [3.05, 3.63) is 59.7 Å². The molecule has 0 aromatic heterocycles. The highest BCUT2D eigenvalue weighted by Crippen LogP contribution is 2.52. The van der Waals surface area contributed by atoms with Gasteiger partial charge >= 0.3 is 0 Å². The molecule has 2 aromatic carbocycles. The van der Waals surface area contributed by atoms with Gasteiger partial charge in [-0.2, -0.15) is 0 Å². The third-order valence-corrected chi connectivity index (χ3v) is 7.07. The molecule has 2 aromatic rings. The van der Waals surface area contributed by atoms with Gasteiger partial charge in [0.25, 0.3) is 0 Å². The van der Waals surface area contributed by atoms with Crippen LogP contribution in [0.2, 0.25) is 0 Å². The van der Waals surface area contributed by atoms with E-state index in [1.54, 1.807) is 0 Å². The smallest absolute Gasteiger partial charge is 0.238 e. The van der Waals surface area contributed by atoms with Crippen molar-refractivity contribution in [2.24, 2.45) is 0 Å². The van der Waals surface area contributed by atoms with E-state index in [-0.39, 0.29) is 18.0 Å². The van der Waals surface area contributed by atoms with Crippen LogP contribution in [0.4, 0.5) is 0 Å². The number of hydrogen-bond donors (Lipinski definition) is 0. The predicted molar refractivity (Wildman–Crippen MR) is 156 cm³/mol. The van der Waals surface area contributed by atoms with Crippen LogP contribution in [-0.4, -0.2) is 51.3 Å². The molecule has 3 rings (SSSR count). The predicted octanol–water partition coefficient (Wildman–Crippen LogP) is 7.55. The third kappa shape index (κ3) is 5.53. The van der Waals surface area contributed by atoms with Gasteiger partial charge in [0.05, 0.1) is 0 Å². The number of hydrogen-bond acceptors (Lipinski definition) is 2. The summed E-state index contributed by atoms with van der Waals surface area (Å²) < 4.78 is 0. The highest BCUT2D eigenvalue weighted by molar-refractivity contribution is 14.1. The van der Waals surface area contributed by atoms with Gasteiger partial charge in [0.1, 0.15) is 5.41 Å². The zero-order valence-corrected chi connectivity index (χ0v) is 24.9. The van der Waals surface area contributed by atoms with Crippen LogP contribution in [0.3, 0.4) is 0 Å². The average Bonchev–Trinajstić information content (AvgIpc) is 3.08. The maximum atomic E-state index is 14.5. The SMILES string of the molecule is CC(C)N(CCCC1(C(=O)N(C(C)C)C(C)C)c2ccccc2-c2ccccc21)C(C)C.CI. The Morgan fingerprint density at radius 3 is 1.53 bits per heavy atom. The van der Waals surface area contributed by atoms with Crippen molar-refractivity contribution in [2.45, 2.75) is 97.8 Å². The van der Waals surface area contributed by atoms with Crippen LogP contribution in [0, 0.1) is 0 Å². The second kappa shape index (κ2) is 12.5. The largest absolute Gasteiger partial charge is 0.337 e. The second-order valence-corrected chi connectivity index (χ2v) is 10.4. The zero-order chi connectivity index (χ0) is 25.6. The molecule has 0 atom stereocenters. The van der Waals surface area contributed by atoms with Gasteiger partial charge in [-0.15, -0.1) is 0 Å². The molecule has 0 unspecified atom stereocenters. The summed E-state index contributed by atoms with van der Waals surface area (Å²) in [6.45, 7) is 18.6. The highest BCUT2D eigenvalue weighted by atomic mass is 127. The molecule has 0 bridgehead atoms. The molecule has 0 fully saturated rings. The number of nitrogens with zero attached hydrogens (tertiary/aromatic N) is 2. The van der Waals surface area contributed by atoms with E-state index in [0.717, 1.165) is 19.4 Å². The molecular formula is C30H45IN2O. The standard InChI is InChI=1S/C29H42N2O.CH3I/c1-20(2)30(21(3)4)19-13-18-29(28(32)31(22(5)6)23(7)8)26-16-11-9-14-24(26)25-15-10-12-17-27(25)29;1-2/h9-12,14-17,20-23H,13,18-19H2,1-8H3;1H3. The quantitative estimate of drug-likeness (QED) is 0.227. The molecule has 3 nitrogen and oxygen atoms in total. The summed E-state index contributed by atoms with van der Waals surface area (Å²) in [6, 6.07) is 18.4. The molecule has 0 saturated carbocycles. The van der Waals surface area contributed by atoms with E-state index < -0.39 is 5.41 Å². The van der Waals surface area contributed by atoms with E-state index in [9.17, 15) is 4.79 Å². The molecule has 0 saturated heterocycles. The lowest BCUT2D eigenvalue weighted by atomic mass is 9.72. The summed E-state index contributed by atoms with van der Waals surface area (Å²) in [5, 5.41) is 0. The van der Waals surface area contributed by atoms with E-state index in [2.05, 4.69) is 136 Å². The van der Waals surface area contributed by atoms with E-state index in [1.807, 2.05) is 4.93 Å². The van der Waals surface area contributed by atoms with Crippen LogP contribution in [0.15, 0.2) is 48.5 Å². The first kappa shape index (κ1) is 28.8. The van der Waals surface area contributed by atoms with Gasteiger partial charge < -0.3 is 4.90 Å². The average molecular weight is 577 g/mol. The van der Waals surface area contributed by atoms with E-state index in [0.29, 0.717) is 12.1 Å². The summed E-state index contributed by atoms with van der Waals surface area (Å²) in [4.78, 5) is 21.1. The molecular weight excluding hydrogens is 531 g/mol. The number of carbonyl (C=O) groups excluding carboxylic acids is 1. The molecule has 0 N–H and O–H groups in total. The Balaban J connectivity index is 0.00000199.